The average molecular weight is 208 g/mol. The van der Waals surface area contributed by atoms with Gasteiger partial charge in [-0.3, -0.25) is 0 Å². The van der Waals surface area contributed by atoms with Crippen LogP contribution in [0.1, 0.15) is 9.88 Å². The Hall–Kier alpha value is -1.67. The second-order valence-electron chi connectivity index (χ2n) is 2.44. The summed E-state index contributed by atoms with van der Waals surface area (Å²) in [5.74, 6) is -0.626. The van der Waals surface area contributed by atoms with Gasteiger partial charge in [-0.2, -0.15) is 5.26 Å². The van der Waals surface area contributed by atoms with E-state index in [0.717, 1.165) is 9.88 Å². The fourth-order valence-electron chi connectivity index (χ4n) is 0.834. The van der Waals surface area contributed by atoms with Crippen LogP contribution in [0.3, 0.4) is 0 Å². The highest BCUT2D eigenvalue weighted by atomic mass is 32.1. The first-order chi connectivity index (χ1) is 6.67. The lowest BCUT2D eigenvalue weighted by molar-refractivity contribution is -0.135. The quantitative estimate of drug-likeness (QED) is 0.420. The molecule has 0 radical (unpaired) electrons. The fourth-order valence-corrected chi connectivity index (χ4v) is 1.56. The number of hydrogen-bond acceptors (Lipinski definition) is 5. The summed E-state index contributed by atoms with van der Waals surface area (Å²) >= 11 is 1.41. The highest BCUT2D eigenvalue weighted by Crippen LogP contribution is 2.15. The molecular formula is C9H8N2O2S. The van der Waals surface area contributed by atoms with Crippen LogP contribution in [-0.2, 0) is 9.53 Å². The minimum atomic E-state index is -0.626. The van der Waals surface area contributed by atoms with E-state index in [0.29, 0.717) is 0 Å². The van der Waals surface area contributed by atoms with Gasteiger partial charge in [0.1, 0.15) is 11.6 Å². The summed E-state index contributed by atoms with van der Waals surface area (Å²) in [6.07, 6.45) is 3.08. The topological polar surface area (TPSA) is 63.0 Å². The summed E-state index contributed by atoms with van der Waals surface area (Å²) in [6.45, 7) is 1.85. The van der Waals surface area contributed by atoms with Crippen LogP contribution in [-0.4, -0.2) is 18.1 Å². The predicted octanol–water partition coefficient (Wildman–Crippen LogP) is 1.53. The molecule has 14 heavy (non-hydrogen) atoms. The Labute approximate surface area is 85.5 Å². The largest absolute Gasteiger partial charge is 0.465 e. The van der Waals surface area contributed by atoms with E-state index in [1.54, 1.807) is 12.3 Å². The molecule has 1 aromatic rings. The van der Waals surface area contributed by atoms with Crippen LogP contribution in [0.2, 0.25) is 0 Å². The van der Waals surface area contributed by atoms with E-state index in [-0.39, 0.29) is 5.57 Å². The Balaban J connectivity index is 2.96. The SMILES string of the molecule is COC(=O)/C(C#N)=C/c1cnc(C)s1. The molecule has 0 amide bonds. The van der Waals surface area contributed by atoms with Crippen molar-refractivity contribution in [3.8, 4) is 6.07 Å². The van der Waals surface area contributed by atoms with E-state index < -0.39 is 5.97 Å². The number of rotatable bonds is 2. The first-order valence-corrected chi connectivity index (χ1v) is 4.61. The van der Waals surface area contributed by atoms with E-state index in [2.05, 4.69) is 9.72 Å². The molecule has 0 aromatic carbocycles. The Morgan fingerprint density at radius 1 is 1.79 bits per heavy atom. The van der Waals surface area contributed by atoms with E-state index in [4.69, 9.17) is 5.26 Å². The van der Waals surface area contributed by atoms with Gasteiger partial charge in [-0.05, 0) is 13.0 Å². The van der Waals surface area contributed by atoms with E-state index in [1.165, 1.54) is 24.5 Å². The van der Waals surface area contributed by atoms with Crippen LogP contribution in [0.25, 0.3) is 6.08 Å². The van der Waals surface area contributed by atoms with Gasteiger partial charge in [-0.1, -0.05) is 0 Å². The minimum absolute atomic E-state index is 0.0175. The molecule has 72 valence electrons. The third-order valence-electron chi connectivity index (χ3n) is 1.45. The lowest BCUT2D eigenvalue weighted by Gasteiger charge is -1.93. The Morgan fingerprint density at radius 3 is 2.93 bits per heavy atom. The van der Waals surface area contributed by atoms with Gasteiger partial charge in [0.2, 0.25) is 0 Å². The van der Waals surface area contributed by atoms with Crippen molar-refractivity contribution in [1.29, 1.82) is 5.26 Å². The molecule has 0 bridgehead atoms. The number of esters is 1. The van der Waals surface area contributed by atoms with Gasteiger partial charge >= 0.3 is 5.97 Å². The number of hydrogen-bond donors (Lipinski definition) is 0. The summed E-state index contributed by atoms with van der Waals surface area (Å²) < 4.78 is 4.44. The molecule has 0 unspecified atom stereocenters. The Kier molecular flexibility index (Phi) is 3.37. The zero-order chi connectivity index (χ0) is 10.6. The number of nitriles is 1. The lowest BCUT2D eigenvalue weighted by atomic mass is 10.2. The van der Waals surface area contributed by atoms with Gasteiger partial charge in [0.25, 0.3) is 0 Å². The van der Waals surface area contributed by atoms with Crippen molar-refractivity contribution in [3.63, 3.8) is 0 Å². The van der Waals surface area contributed by atoms with Gasteiger partial charge < -0.3 is 4.74 Å². The molecule has 0 N–H and O–H groups in total. The maximum absolute atomic E-state index is 11.0. The second kappa shape index (κ2) is 4.53. The number of methoxy groups -OCH3 is 1. The van der Waals surface area contributed by atoms with Gasteiger partial charge in [0, 0.05) is 11.1 Å². The van der Waals surface area contributed by atoms with Crippen LogP contribution in [0.15, 0.2) is 11.8 Å². The molecule has 4 nitrogen and oxygen atoms in total. The second-order valence-corrected chi connectivity index (χ2v) is 3.71. The van der Waals surface area contributed by atoms with Gasteiger partial charge in [0.15, 0.2) is 0 Å². The number of thiazole rings is 1. The van der Waals surface area contributed by atoms with Gasteiger partial charge in [-0.15, -0.1) is 11.3 Å². The normalized spacial score (nSPS) is 10.8. The fraction of sp³-hybridized carbons (Fsp3) is 0.222. The molecule has 0 saturated carbocycles. The van der Waals surface area contributed by atoms with Gasteiger partial charge in [0.05, 0.1) is 12.1 Å². The summed E-state index contributed by atoms with van der Waals surface area (Å²) in [5, 5.41) is 9.55. The first kappa shape index (κ1) is 10.4. The molecule has 1 rings (SSSR count). The molecule has 0 saturated heterocycles. The maximum atomic E-state index is 11.0. The van der Waals surface area contributed by atoms with E-state index >= 15 is 0 Å². The predicted molar refractivity (Wildman–Crippen MR) is 52.5 cm³/mol. The number of carbonyl (C=O) groups excluding carboxylic acids is 1. The zero-order valence-electron chi connectivity index (χ0n) is 7.77. The highest BCUT2D eigenvalue weighted by Gasteiger charge is 2.08. The molecule has 0 spiro atoms. The van der Waals surface area contributed by atoms with Crippen LogP contribution in [0.4, 0.5) is 0 Å². The Bertz CT molecular complexity index is 415. The van der Waals surface area contributed by atoms with Crippen molar-refractivity contribution in [2.75, 3.05) is 7.11 Å². The zero-order valence-corrected chi connectivity index (χ0v) is 8.59. The third-order valence-corrected chi connectivity index (χ3v) is 2.31. The van der Waals surface area contributed by atoms with Crippen molar-refractivity contribution < 1.29 is 9.53 Å². The number of aryl methyl sites for hydroxylation is 1. The number of ether oxygens (including phenoxy) is 1. The third kappa shape index (κ3) is 2.41. The number of nitrogens with zero attached hydrogens (tertiary/aromatic N) is 2. The van der Waals surface area contributed by atoms with E-state index in [9.17, 15) is 4.79 Å². The molecule has 5 heteroatoms. The summed E-state index contributed by atoms with van der Waals surface area (Å²) in [5.41, 5.74) is -0.0175. The van der Waals surface area contributed by atoms with Crippen molar-refractivity contribution in [1.82, 2.24) is 4.98 Å². The molecule has 1 aromatic heterocycles. The number of carbonyl (C=O) groups is 1. The smallest absolute Gasteiger partial charge is 0.348 e. The molecule has 0 atom stereocenters. The molecular weight excluding hydrogens is 200 g/mol. The van der Waals surface area contributed by atoms with Crippen LogP contribution in [0.5, 0.6) is 0 Å². The maximum Gasteiger partial charge on any atom is 0.348 e. The first-order valence-electron chi connectivity index (χ1n) is 3.80. The summed E-state index contributed by atoms with van der Waals surface area (Å²) in [7, 11) is 1.24. The van der Waals surface area contributed by atoms with Crippen LogP contribution >= 0.6 is 11.3 Å². The van der Waals surface area contributed by atoms with Crippen molar-refractivity contribution in [3.05, 3.63) is 21.7 Å². The number of aromatic nitrogens is 1. The average Bonchev–Trinajstić information content (AvgIpc) is 2.59. The summed E-state index contributed by atoms with van der Waals surface area (Å²) in [4.78, 5) is 15.8. The van der Waals surface area contributed by atoms with Crippen molar-refractivity contribution in [2.24, 2.45) is 0 Å². The summed E-state index contributed by atoms with van der Waals surface area (Å²) in [6, 6.07) is 1.78. The van der Waals surface area contributed by atoms with Crippen molar-refractivity contribution >= 4 is 23.4 Å². The molecule has 0 aliphatic rings. The van der Waals surface area contributed by atoms with Crippen LogP contribution < -0.4 is 0 Å². The Morgan fingerprint density at radius 2 is 2.50 bits per heavy atom. The molecule has 1 heterocycles. The van der Waals surface area contributed by atoms with Gasteiger partial charge in [-0.25, -0.2) is 9.78 Å². The molecule has 0 aliphatic carbocycles. The minimum Gasteiger partial charge on any atom is -0.465 e. The van der Waals surface area contributed by atoms with Crippen LogP contribution in [0, 0.1) is 18.3 Å². The standard InChI is InChI=1S/C9H8N2O2S/c1-6-11-5-8(14-6)3-7(4-10)9(12)13-2/h3,5H,1-2H3/b7-3+. The highest BCUT2D eigenvalue weighted by molar-refractivity contribution is 7.12. The molecule has 0 fully saturated rings. The monoisotopic (exact) mass is 208 g/mol. The van der Waals surface area contributed by atoms with Crippen molar-refractivity contribution in [2.45, 2.75) is 6.92 Å². The van der Waals surface area contributed by atoms with E-state index in [1.807, 2.05) is 6.92 Å². The lowest BCUT2D eigenvalue weighted by Crippen LogP contribution is -2.02. The molecule has 0 aliphatic heterocycles.